The van der Waals surface area contributed by atoms with Crippen LogP contribution in [0.4, 0.5) is 18.9 Å². The van der Waals surface area contributed by atoms with Crippen LogP contribution in [0.25, 0.3) is 0 Å². The van der Waals surface area contributed by atoms with Crippen LogP contribution in [0.5, 0.6) is 5.75 Å². The lowest BCUT2D eigenvalue weighted by Gasteiger charge is -2.36. The highest BCUT2D eigenvalue weighted by atomic mass is 19.4. The molecule has 0 radical (unpaired) electrons. The molecule has 2 aliphatic heterocycles. The molecule has 2 aliphatic rings. The van der Waals surface area contributed by atoms with E-state index in [1.807, 2.05) is 4.90 Å². The number of nitrogens with zero attached hydrogens (tertiary/aromatic N) is 3. The van der Waals surface area contributed by atoms with Crippen LogP contribution in [0.1, 0.15) is 43.0 Å². The molecule has 8 nitrogen and oxygen atoms in total. The number of ether oxygens (including phenoxy) is 1. The Kier molecular flexibility index (Phi) is 7.25. The number of nitro groups is 1. The summed E-state index contributed by atoms with van der Waals surface area (Å²) < 4.78 is 41.9. The zero-order valence-electron chi connectivity index (χ0n) is 17.8. The topological polar surface area (TPSA) is 93.0 Å². The van der Waals surface area contributed by atoms with E-state index in [1.54, 1.807) is 0 Å². The molecule has 11 heteroatoms. The van der Waals surface area contributed by atoms with Gasteiger partial charge < -0.3 is 14.5 Å². The third-order valence-corrected chi connectivity index (χ3v) is 6.02. The van der Waals surface area contributed by atoms with Crippen molar-refractivity contribution in [3.63, 3.8) is 0 Å². The lowest BCUT2D eigenvalue weighted by Crippen LogP contribution is -2.46. The molecular formula is C21H26F3N3O5. The van der Waals surface area contributed by atoms with Crippen LogP contribution in [-0.2, 0) is 4.79 Å². The number of likely N-dealkylation sites (tertiary alicyclic amines) is 2. The number of amides is 2. The largest absolute Gasteiger partial charge is 0.484 e. The van der Waals surface area contributed by atoms with Gasteiger partial charge in [0.15, 0.2) is 6.61 Å². The van der Waals surface area contributed by atoms with Gasteiger partial charge in [0.1, 0.15) is 11.3 Å². The lowest BCUT2D eigenvalue weighted by atomic mass is 9.92. The van der Waals surface area contributed by atoms with Crippen molar-refractivity contribution in [3.8, 4) is 5.75 Å². The molecule has 2 fully saturated rings. The minimum Gasteiger partial charge on any atom is -0.484 e. The monoisotopic (exact) mass is 457 g/mol. The first-order valence-corrected chi connectivity index (χ1v) is 10.6. The van der Waals surface area contributed by atoms with Crippen molar-refractivity contribution in [1.29, 1.82) is 0 Å². The number of carbonyl (C=O) groups excluding carboxylic acids is 2. The van der Waals surface area contributed by atoms with Gasteiger partial charge >= 0.3 is 6.18 Å². The number of halogens is 3. The summed E-state index contributed by atoms with van der Waals surface area (Å²) in [7, 11) is 0. The first-order valence-electron chi connectivity index (χ1n) is 10.6. The van der Waals surface area contributed by atoms with Gasteiger partial charge in [-0.1, -0.05) is 6.92 Å². The summed E-state index contributed by atoms with van der Waals surface area (Å²) in [6.07, 6.45) is -1.75. The van der Waals surface area contributed by atoms with E-state index in [9.17, 15) is 32.9 Å². The summed E-state index contributed by atoms with van der Waals surface area (Å²) >= 11 is 0. The first kappa shape index (κ1) is 23.8. The van der Waals surface area contributed by atoms with Crippen molar-refractivity contribution in [2.45, 2.75) is 38.8 Å². The number of rotatable bonds is 5. The molecule has 32 heavy (non-hydrogen) atoms. The van der Waals surface area contributed by atoms with Crippen LogP contribution in [0.15, 0.2) is 18.2 Å². The lowest BCUT2D eigenvalue weighted by molar-refractivity contribution is -0.385. The standard InChI is InChI=1S/C21H26F3N3O5/c1-14-4-8-25(9-5-14)19(28)15-6-10-26(11-7-15)20(29)17-12-16(32-13-21(22,23)24)2-3-18(17)27(30)31/h2-3,12,14-15H,4-11,13H2,1H3. The minimum atomic E-state index is -4.58. The number of carbonyl (C=O) groups is 2. The Bertz CT molecular complexity index is 861. The molecule has 0 saturated carbocycles. The van der Waals surface area contributed by atoms with Crippen LogP contribution in [0.3, 0.4) is 0 Å². The summed E-state index contributed by atoms with van der Waals surface area (Å²) in [5.41, 5.74) is -0.834. The van der Waals surface area contributed by atoms with E-state index in [1.165, 1.54) is 4.90 Å². The summed E-state index contributed by atoms with van der Waals surface area (Å²) in [5, 5.41) is 11.3. The third-order valence-electron chi connectivity index (χ3n) is 6.02. The highest BCUT2D eigenvalue weighted by Gasteiger charge is 2.34. The maximum Gasteiger partial charge on any atom is 0.422 e. The van der Waals surface area contributed by atoms with Crippen LogP contribution < -0.4 is 4.74 Å². The average molecular weight is 457 g/mol. The van der Waals surface area contributed by atoms with E-state index < -0.39 is 29.3 Å². The fourth-order valence-corrected chi connectivity index (χ4v) is 4.09. The van der Waals surface area contributed by atoms with Crippen LogP contribution in [-0.4, -0.2) is 65.5 Å². The molecule has 0 bridgehead atoms. The number of hydrogen-bond acceptors (Lipinski definition) is 5. The van der Waals surface area contributed by atoms with E-state index in [0.29, 0.717) is 18.8 Å². The van der Waals surface area contributed by atoms with E-state index in [0.717, 1.165) is 44.1 Å². The van der Waals surface area contributed by atoms with Gasteiger partial charge in [0.05, 0.1) is 4.92 Å². The normalized spacial score (nSPS) is 18.5. The predicted molar refractivity (Wildman–Crippen MR) is 108 cm³/mol. The number of hydrogen-bond donors (Lipinski definition) is 0. The Balaban J connectivity index is 1.65. The summed E-state index contributed by atoms with van der Waals surface area (Å²) in [4.78, 5) is 39.6. The Morgan fingerprint density at radius 2 is 1.69 bits per heavy atom. The van der Waals surface area contributed by atoms with Crippen LogP contribution in [0.2, 0.25) is 0 Å². The molecule has 1 aromatic carbocycles. The summed E-state index contributed by atoms with van der Waals surface area (Å²) in [6, 6.07) is 2.97. The Labute approximate surface area is 183 Å². The molecule has 2 saturated heterocycles. The molecule has 0 N–H and O–H groups in total. The van der Waals surface area contributed by atoms with Gasteiger partial charge in [-0.05, 0) is 43.7 Å². The quantitative estimate of drug-likeness (QED) is 0.497. The molecule has 0 aromatic heterocycles. The van der Waals surface area contributed by atoms with Crippen molar-refractivity contribution in [3.05, 3.63) is 33.9 Å². The van der Waals surface area contributed by atoms with Gasteiger partial charge in [-0.2, -0.15) is 13.2 Å². The van der Waals surface area contributed by atoms with Gasteiger partial charge in [-0.15, -0.1) is 0 Å². The molecule has 2 heterocycles. The van der Waals surface area contributed by atoms with Crippen LogP contribution in [0, 0.1) is 22.0 Å². The second kappa shape index (κ2) is 9.74. The average Bonchev–Trinajstić information content (AvgIpc) is 2.76. The van der Waals surface area contributed by atoms with Gasteiger partial charge in [-0.25, -0.2) is 0 Å². The Hall–Kier alpha value is -2.85. The molecule has 0 spiro atoms. The van der Waals surface area contributed by atoms with Crippen molar-refractivity contribution >= 4 is 17.5 Å². The highest BCUT2D eigenvalue weighted by molar-refractivity contribution is 5.98. The van der Waals surface area contributed by atoms with Crippen molar-refractivity contribution < 1.29 is 32.4 Å². The van der Waals surface area contributed by atoms with Gasteiger partial charge in [0, 0.05) is 38.2 Å². The number of piperidine rings is 2. The van der Waals surface area contributed by atoms with E-state index in [4.69, 9.17) is 0 Å². The molecule has 1 aromatic rings. The second-order valence-electron chi connectivity index (χ2n) is 8.41. The van der Waals surface area contributed by atoms with Gasteiger partial charge in [0.2, 0.25) is 5.91 Å². The first-order chi connectivity index (χ1) is 15.0. The maximum absolute atomic E-state index is 12.9. The molecule has 176 valence electrons. The zero-order valence-corrected chi connectivity index (χ0v) is 17.8. The van der Waals surface area contributed by atoms with E-state index in [-0.39, 0.29) is 36.2 Å². The minimum absolute atomic E-state index is 0.0810. The van der Waals surface area contributed by atoms with Crippen molar-refractivity contribution in [1.82, 2.24) is 9.80 Å². The van der Waals surface area contributed by atoms with Crippen LogP contribution >= 0.6 is 0 Å². The maximum atomic E-state index is 12.9. The molecule has 0 unspecified atom stereocenters. The molecular weight excluding hydrogens is 431 g/mol. The van der Waals surface area contributed by atoms with Crippen molar-refractivity contribution in [2.75, 3.05) is 32.8 Å². The zero-order chi connectivity index (χ0) is 23.5. The highest BCUT2D eigenvalue weighted by Crippen LogP contribution is 2.29. The summed E-state index contributed by atoms with van der Waals surface area (Å²) in [5.74, 6) is -0.459. The van der Waals surface area contributed by atoms with Gasteiger partial charge in [0.25, 0.3) is 11.6 Å². The molecule has 0 atom stereocenters. The SMILES string of the molecule is CC1CCN(C(=O)C2CCN(C(=O)c3cc(OCC(F)(F)F)ccc3[N+](=O)[O-])CC2)CC1. The summed E-state index contributed by atoms with van der Waals surface area (Å²) in [6.45, 7) is 2.54. The number of nitro benzene ring substituents is 1. The predicted octanol–water partition coefficient (Wildman–Crippen LogP) is 3.65. The molecule has 2 amide bonds. The smallest absolute Gasteiger partial charge is 0.422 e. The van der Waals surface area contributed by atoms with E-state index >= 15 is 0 Å². The third kappa shape index (κ3) is 5.89. The Morgan fingerprint density at radius 1 is 1.09 bits per heavy atom. The number of benzene rings is 1. The second-order valence-corrected chi connectivity index (χ2v) is 8.41. The fraction of sp³-hybridized carbons (Fsp3) is 0.619. The Morgan fingerprint density at radius 3 is 2.25 bits per heavy atom. The van der Waals surface area contributed by atoms with Gasteiger partial charge in [-0.3, -0.25) is 19.7 Å². The van der Waals surface area contributed by atoms with E-state index in [2.05, 4.69) is 11.7 Å². The fourth-order valence-electron chi connectivity index (χ4n) is 4.09. The van der Waals surface area contributed by atoms with Crippen molar-refractivity contribution in [2.24, 2.45) is 11.8 Å². The molecule has 0 aliphatic carbocycles. The molecule has 3 rings (SSSR count). The number of alkyl halides is 3.